The van der Waals surface area contributed by atoms with Gasteiger partial charge in [-0.05, 0) is 91.7 Å². The van der Waals surface area contributed by atoms with Crippen LogP contribution in [-0.2, 0) is 35.2 Å². The summed E-state index contributed by atoms with van der Waals surface area (Å²) < 4.78 is 17.2. The third-order valence-electron chi connectivity index (χ3n) is 11.5. The van der Waals surface area contributed by atoms with Crippen molar-refractivity contribution < 1.29 is 34.0 Å². The monoisotopic (exact) mass is 907 g/mol. The molecule has 0 bridgehead atoms. The van der Waals surface area contributed by atoms with Crippen LogP contribution in [0.2, 0.25) is 0 Å². The summed E-state index contributed by atoms with van der Waals surface area (Å²) in [7, 11) is 0. The lowest BCUT2D eigenvalue weighted by Gasteiger charge is -2.31. The van der Waals surface area contributed by atoms with Gasteiger partial charge in [0.05, 0.1) is 37.5 Å². The average molecular weight is 907 g/mol. The summed E-state index contributed by atoms with van der Waals surface area (Å²) in [5.41, 5.74) is 6.78. The normalized spacial score (nSPS) is 17.8. The Bertz CT molecular complexity index is 2130. The summed E-state index contributed by atoms with van der Waals surface area (Å²) in [4.78, 5) is 24.2. The van der Waals surface area contributed by atoms with Gasteiger partial charge < -0.3 is 45.7 Å². The summed E-state index contributed by atoms with van der Waals surface area (Å²) >= 11 is 0. The molecule has 0 saturated heterocycles. The Hall–Kier alpha value is -4.94. The average Bonchev–Trinajstić information content (AvgIpc) is 3.23. The van der Waals surface area contributed by atoms with Crippen LogP contribution in [0.25, 0.3) is 0 Å². The number of aliphatic hydroxyl groups is 2. The minimum absolute atomic E-state index is 0.0761. The first-order valence-corrected chi connectivity index (χ1v) is 23.8. The number of carbonyl (C=O) groups excluding carboxylic acids is 2. The molecule has 0 saturated carbocycles. The fourth-order valence-corrected chi connectivity index (χ4v) is 8.59. The summed E-state index contributed by atoms with van der Waals surface area (Å²) in [5, 5.41) is 34.9. The lowest BCUT2D eigenvalue weighted by Crippen LogP contribution is -2.50. The molecule has 0 radical (unpaired) electrons. The van der Waals surface area contributed by atoms with Gasteiger partial charge >= 0.3 is 6.09 Å². The highest BCUT2D eigenvalue weighted by Gasteiger charge is 2.29. The predicted molar refractivity (Wildman–Crippen MR) is 264 cm³/mol. The van der Waals surface area contributed by atoms with E-state index >= 15 is 0 Å². The lowest BCUT2D eigenvalue weighted by molar-refractivity contribution is -0.120. The van der Waals surface area contributed by atoms with E-state index in [0.717, 1.165) is 59.4 Å². The Balaban J connectivity index is 0.000000249. The van der Waals surface area contributed by atoms with Crippen LogP contribution in [0.5, 0.6) is 11.5 Å². The zero-order valence-corrected chi connectivity index (χ0v) is 41.2. The minimum atomic E-state index is -0.799. The van der Waals surface area contributed by atoms with E-state index in [1.807, 2.05) is 81.4 Å². The number of benzene rings is 4. The van der Waals surface area contributed by atoms with Crippen molar-refractivity contribution in [3.05, 3.63) is 130 Å². The molecule has 6 atom stereocenters. The second kappa shape index (κ2) is 23.7. The number of hydrogen-bond acceptors (Lipinski definition) is 9. The van der Waals surface area contributed by atoms with Gasteiger partial charge in [-0.25, -0.2) is 4.79 Å². The topological polar surface area (TPSA) is 150 Å². The molecule has 66 heavy (non-hydrogen) atoms. The van der Waals surface area contributed by atoms with E-state index < -0.39 is 29.9 Å². The molecular weight excluding hydrogens is 829 g/mol. The summed E-state index contributed by atoms with van der Waals surface area (Å²) in [6.45, 7) is 22.4. The number of fused-ring (bicyclic) bond motifs is 2. The van der Waals surface area contributed by atoms with Crippen LogP contribution in [0.3, 0.4) is 0 Å². The van der Waals surface area contributed by atoms with Crippen LogP contribution < -0.4 is 30.7 Å². The zero-order valence-electron chi connectivity index (χ0n) is 41.2. The molecule has 2 heterocycles. The third-order valence-corrected chi connectivity index (χ3v) is 11.5. The van der Waals surface area contributed by atoms with E-state index in [0.29, 0.717) is 39.1 Å². The smallest absolute Gasteiger partial charge is 0.407 e. The number of amides is 2. The Morgan fingerprint density at radius 1 is 0.606 bits per heavy atom. The largest absolute Gasteiger partial charge is 0.493 e. The molecule has 6 rings (SSSR count). The van der Waals surface area contributed by atoms with Crippen molar-refractivity contribution in [2.45, 2.75) is 150 Å². The van der Waals surface area contributed by atoms with Gasteiger partial charge in [0, 0.05) is 56.1 Å². The number of hydrogen-bond donors (Lipinski definition) is 6. The van der Waals surface area contributed by atoms with E-state index in [1.54, 1.807) is 0 Å². The number of rotatable bonds is 16. The number of nitrogens with one attached hydrogen (secondary N) is 4. The fourth-order valence-electron chi connectivity index (χ4n) is 8.59. The molecule has 4 aromatic carbocycles. The SMILES string of the molecule is CC(=O)NC(Cc1ccccc1)[C@H](O)CNC1CCOc2ccc(CC(C)(C)C)cc21.CC(C)(C)Cc1ccc2c(c1)C(NC[C@@H](O)C(Cc1ccccc1)NC(=O)OC(C)(C)C)CCO2. The van der Waals surface area contributed by atoms with Gasteiger partial charge in [-0.2, -0.15) is 0 Å². The molecule has 2 aliphatic rings. The molecule has 2 amide bonds. The zero-order chi connectivity index (χ0) is 48.1. The molecule has 11 heteroatoms. The van der Waals surface area contributed by atoms with Crippen LogP contribution in [0.1, 0.15) is 128 Å². The Morgan fingerprint density at radius 2 is 1.02 bits per heavy atom. The highest BCUT2D eigenvalue weighted by Crippen LogP contribution is 2.36. The van der Waals surface area contributed by atoms with Crippen LogP contribution in [0.15, 0.2) is 97.1 Å². The molecule has 6 N–H and O–H groups in total. The Labute approximate surface area is 394 Å². The first-order valence-electron chi connectivity index (χ1n) is 23.8. The van der Waals surface area contributed by atoms with Crippen molar-refractivity contribution in [3.8, 4) is 11.5 Å². The number of aliphatic hydroxyl groups excluding tert-OH is 2. The van der Waals surface area contributed by atoms with Crippen LogP contribution >= 0.6 is 0 Å². The van der Waals surface area contributed by atoms with Crippen molar-refractivity contribution in [3.63, 3.8) is 0 Å². The van der Waals surface area contributed by atoms with Crippen LogP contribution in [0.4, 0.5) is 4.79 Å². The second-order valence-electron chi connectivity index (χ2n) is 21.5. The fraction of sp³-hybridized carbons (Fsp3) is 0.527. The molecule has 0 aromatic heterocycles. The summed E-state index contributed by atoms with van der Waals surface area (Å²) in [6.07, 6.45) is 2.71. The van der Waals surface area contributed by atoms with Crippen molar-refractivity contribution in [2.24, 2.45) is 10.8 Å². The maximum atomic E-state index is 12.5. The molecule has 0 spiro atoms. The van der Waals surface area contributed by atoms with Gasteiger partial charge in [0.25, 0.3) is 0 Å². The van der Waals surface area contributed by atoms with Gasteiger partial charge in [-0.15, -0.1) is 0 Å². The number of ether oxygens (including phenoxy) is 3. The molecule has 4 aromatic rings. The first kappa shape index (κ1) is 52.0. The minimum Gasteiger partial charge on any atom is -0.493 e. The van der Waals surface area contributed by atoms with E-state index in [1.165, 1.54) is 18.1 Å². The first-order chi connectivity index (χ1) is 31.1. The molecule has 11 nitrogen and oxygen atoms in total. The van der Waals surface area contributed by atoms with Gasteiger partial charge in [0.15, 0.2) is 0 Å². The maximum absolute atomic E-state index is 12.5. The standard InChI is InChI=1S/C29H42N2O4.C26H36N2O3/c1-28(2,3)18-21-12-13-26-22(16-21)23(14-15-34-26)30-19-25(32)24(17-20-10-8-7-9-11-20)31-27(33)35-29(4,5)6;1-18(29)28-23(15-19-8-6-5-7-9-19)24(30)17-27-22-12-13-31-25-11-10-20(14-21(22)25)16-26(2,3)4/h7-13,16,23-25,30,32H,14-15,17-19H2,1-6H3,(H,31,33);5-11,14,22-24,27,30H,12-13,15-17H2,1-4H3,(H,28,29)/t23?,24?,25-;22?,23?,24-/m11/s1. The van der Waals surface area contributed by atoms with Gasteiger partial charge in [-0.1, -0.05) is 126 Å². The maximum Gasteiger partial charge on any atom is 0.407 e. The molecule has 360 valence electrons. The summed E-state index contributed by atoms with van der Waals surface area (Å²) in [6, 6.07) is 32.0. The van der Waals surface area contributed by atoms with Gasteiger partial charge in [-0.3, -0.25) is 4.79 Å². The van der Waals surface area contributed by atoms with Crippen molar-refractivity contribution in [2.75, 3.05) is 26.3 Å². The molecule has 0 aliphatic carbocycles. The summed E-state index contributed by atoms with van der Waals surface area (Å²) in [5.74, 6) is 1.68. The number of alkyl carbamates (subject to hydrolysis) is 1. The van der Waals surface area contributed by atoms with Crippen molar-refractivity contribution in [1.82, 2.24) is 21.3 Å². The second-order valence-corrected chi connectivity index (χ2v) is 21.5. The van der Waals surface area contributed by atoms with Crippen LogP contribution in [0, 0.1) is 10.8 Å². The quantitative estimate of drug-likeness (QED) is 0.0648. The van der Waals surface area contributed by atoms with E-state index in [-0.39, 0.29) is 34.9 Å². The Morgan fingerprint density at radius 3 is 1.39 bits per heavy atom. The number of carbonyl (C=O) groups is 2. The van der Waals surface area contributed by atoms with E-state index in [2.05, 4.69) is 99.2 Å². The lowest BCUT2D eigenvalue weighted by atomic mass is 9.86. The van der Waals surface area contributed by atoms with E-state index in [4.69, 9.17) is 14.2 Å². The molecule has 4 unspecified atom stereocenters. The molecule has 0 fully saturated rings. The van der Waals surface area contributed by atoms with E-state index in [9.17, 15) is 19.8 Å². The molecular formula is C55H78N4O7. The van der Waals surface area contributed by atoms with Gasteiger partial charge in [0.2, 0.25) is 5.91 Å². The predicted octanol–water partition coefficient (Wildman–Crippen LogP) is 8.98. The third kappa shape index (κ3) is 17.7. The van der Waals surface area contributed by atoms with Crippen molar-refractivity contribution >= 4 is 12.0 Å². The van der Waals surface area contributed by atoms with Crippen molar-refractivity contribution in [1.29, 1.82) is 0 Å². The Kier molecular flexibility index (Phi) is 18.7. The highest BCUT2D eigenvalue weighted by atomic mass is 16.6. The van der Waals surface area contributed by atoms with Gasteiger partial charge in [0.1, 0.15) is 17.1 Å². The highest BCUT2D eigenvalue weighted by molar-refractivity contribution is 5.73. The molecule has 2 aliphatic heterocycles. The van der Waals surface area contributed by atoms with Crippen LogP contribution in [-0.4, -0.2) is 78.4 Å².